The van der Waals surface area contributed by atoms with Crippen molar-refractivity contribution in [1.29, 1.82) is 0 Å². The largest absolute Gasteiger partial charge is 0.349 e. The lowest BCUT2D eigenvalue weighted by Gasteiger charge is -2.27. The van der Waals surface area contributed by atoms with E-state index in [0.29, 0.717) is 17.2 Å². The van der Waals surface area contributed by atoms with Gasteiger partial charge < -0.3 is 10.6 Å². The summed E-state index contributed by atoms with van der Waals surface area (Å²) in [5.41, 5.74) is 0.792. The smallest absolute Gasteiger partial charge is 0.251 e. The SMILES string of the molecule is CC1CCCC(NC(=O)c2cccc(NC(=O)C(C)(C)C)c2)C1. The summed E-state index contributed by atoms with van der Waals surface area (Å²) < 4.78 is 0. The predicted molar refractivity (Wildman–Crippen MR) is 93.4 cm³/mol. The molecule has 0 heterocycles. The Hall–Kier alpha value is -1.84. The van der Waals surface area contributed by atoms with E-state index in [4.69, 9.17) is 0 Å². The third-order valence-corrected chi connectivity index (χ3v) is 4.34. The van der Waals surface area contributed by atoms with Crippen LogP contribution in [0.4, 0.5) is 5.69 Å². The molecule has 1 saturated carbocycles. The van der Waals surface area contributed by atoms with Crippen LogP contribution in [0.1, 0.15) is 63.7 Å². The van der Waals surface area contributed by atoms with Gasteiger partial charge in [0, 0.05) is 22.7 Å². The van der Waals surface area contributed by atoms with Gasteiger partial charge in [0.05, 0.1) is 0 Å². The van der Waals surface area contributed by atoms with Crippen molar-refractivity contribution in [2.75, 3.05) is 5.32 Å². The molecule has 1 fully saturated rings. The molecule has 2 atom stereocenters. The van der Waals surface area contributed by atoms with Crippen molar-refractivity contribution in [3.63, 3.8) is 0 Å². The van der Waals surface area contributed by atoms with Crippen molar-refractivity contribution in [2.24, 2.45) is 11.3 Å². The van der Waals surface area contributed by atoms with E-state index >= 15 is 0 Å². The van der Waals surface area contributed by atoms with Gasteiger partial charge in [-0.1, -0.05) is 46.6 Å². The first-order valence-electron chi connectivity index (χ1n) is 8.48. The molecule has 0 aliphatic heterocycles. The zero-order valence-electron chi connectivity index (χ0n) is 14.6. The number of carbonyl (C=O) groups is 2. The zero-order chi connectivity index (χ0) is 17.0. The summed E-state index contributed by atoms with van der Waals surface area (Å²) in [6.45, 7) is 7.83. The Kier molecular flexibility index (Phi) is 5.45. The zero-order valence-corrected chi connectivity index (χ0v) is 14.6. The maximum atomic E-state index is 12.4. The van der Waals surface area contributed by atoms with E-state index in [1.807, 2.05) is 26.8 Å². The molecule has 23 heavy (non-hydrogen) atoms. The van der Waals surface area contributed by atoms with E-state index in [1.165, 1.54) is 12.8 Å². The number of nitrogens with one attached hydrogen (secondary N) is 2. The number of hydrogen-bond acceptors (Lipinski definition) is 2. The van der Waals surface area contributed by atoms with Crippen LogP contribution in [0.2, 0.25) is 0 Å². The second kappa shape index (κ2) is 7.16. The number of benzene rings is 1. The van der Waals surface area contributed by atoms with Gasteiger partial charge in [-0.25, -0.2) is 0 Å². The van der Waals surface area contributed by atoms with E-state index in [0.717, 1.165) is 12.8 Å². The minimum atomic E-state index is -0.462. The molecule has 4 heteroatoms. The standard InChI is InChI=1S/C19H28N2O2/c1-13-7-5-9-15(11-13)20-17(22)14-8-6-10-16(12-14)21-18(23)19(2,3)4/h6,8,10,12-13,15H,5,7,9,11H2,1-4H3,(H,20,22)(H,21,23). The van der Waals surface area contributed by atoms with Crippen LogP contribution in [0.5, 0.6) is 0 Å². The van der Waals surface area contributed by atoms with E-state index in [1.54, 1.807) is 18.2 Å². The van der Waals surface area contributed by atoms with Crippen LogP contribution in [0.3, 0.4) is 0 Å². The third kappa shape index (κ3) is 5.08. The topological polar surface area (TPSA) is 58.2 Å². The average Bonchev–Trinajstić information content (AvgIpc) is 2.46. The van der Waals surface area contributed by atoms with Crippen molar-refractivity contribution in [1.82, 2.24) is 5.32 Å². The van der Waals surface area contributed by atoms with Crippen LogP contribution in [0.25, 0.3) is 0 Å². The van der Waals surface area contributed by atoms with Gasteiger partial charge >= 0.3 is 0 Å². The number of anilines is 1. The molecular weight excluding hydrogens is 288 g/mol. The summed E-state index contributed by atoms with van der Waals surface area (Å²) in [6, 6.07) is 7.40. The summed E-state index contributed by atoms with van der Waals surface area (Å²) in [4.78, 5) is 24.5. The molecule has 126 valence electrons. The number of amides is 2. The highest BCUT2D eigenvalue weighted by Crippen LogP contribution is 2.24. The number of carbonyl (C=O) groups excluding carboxylic acids is 2. The van der Waals surface area contributed by atoms with Gasteiger partial charge in [-0.3, -0.25) is 9.59 Å². The first-order valence-corrected chi connectivity index (χ1v) is 8.48. The molecule has 0 saturated heterocycles. The van der Waals surface area contributed by atoms with Gasteiger partial charge in [0.25, 0.3) is 5.91 Å². The number of rotatable bonds is 3. The summed E-state index contributed by atoms with van der Waals surface area (Å²) in [7, 11) is 0. The van der Waals surface area contributed by atoms with E-state index < -0.39 is 5.41 Å². The molecule has 2 unspecified atom stereocenters. The highest BCUT2D eigenvalue weighted by molar-refractivity contribution is 5.98. The van der Waals surface area contributed by atoms with Crippen LogP contribution < -0.4 is 10.6 Å². The van der Waals surface area contributed by atoms with Gasteiger partial charge in [0.15, 0.2) is 0 Å². The Morgan fingerprint density at radius 2 is 1.91 bits per heavy atom. The first kappa shape index (κ1) is 17.5. The molecule has 1 aromatic rings. The molecule has 0 radical (unpaired) electrons. The molecule has 0 spiro atoms. The van der Waals surface area contributed by atoms with E-state index in [9.17, 15) is 9.59 Å². The fraction of sp³-hybridized carbons (Fsp3) is 0.579. The lowest BCUT2D eigenvalue weighted by atomic mass is 9.87. The number of hydrogen-bond donors (Lipinski definition) is 2. The molecule has 1 aromatic carbocycles. The molecule has 0 bridgehead atoms. The fourth-order valence-corrected chi connectivity index (χ4v) is 2.89. The molecular formula is C19H28N2O2. The highest BCUT2D eigenvalue weighted by Gasteiger charge is 2.23. The Bertz CT molecular complexity index is 575. The van der Waals surface area contributed by atoms with E-state index in [2.05, 4.69) is 17.6 Å². The molecule has 1 aliphatic carbocycles. The molecule has 4 nitrogen and oxygen atoms in total. The van der Waals surface area contributed by atoms with Crippen molar-refractivity contribution in [3.8, 4) is 0 Å². The van der Waals surface area contributed by atoms with E-state index in [-0.39, 0.29) is 17.9 Å². The van der Waals surface area contributed by atoms with Gasteiger partial charge in [-0.05, 0) is 37.0 Å². The summed E-state index contributed by atoms with van der Waals surface area (Å²) in [5, 5.41) is 5.99. The Morgan fingerprint density at radius 3 is 2.57 bits per heavy atom. The van der Waals surface area contributed by atoms with Gasteiger partial charge in [0.1, 0.15) is 0 Å². The van der Waals surface area contributed by atoms with Gasteiger partial charge in [0.2, 0.25) is 5.91 Å². The quantitative estimate of drug-likeness (QED) is 0.886. The highest BCUT2D eigenvalue weighted by atomic mass is 16.2. The lowest BCUT2D eigenvalue weighted by molar-refractivity contribution is -0.123. The minimum absolute atomic E-state index is 0.0591. The molecule has 2 N–H and O–H groups in total. The van der Waals surface area contributed by atoms with Crippen molar-refractivity contribution < 1.29 is 9.59 Å². The Balaban J connectivity index is 2.01. The van der Waals surface area contributed by atoms with Crippen LogP contribution in [0.15, 0.2) is 24.3 Å². The first-order chi connectivity index (χ1) is 10.8. The third-order valence-electron chi connectivity index (χ3n) is 4.34. The van der Waals surface area contributed by atoms with Crippen LogP contribution in [0, 0.1) is 11.3 Å². The molecule has 2 rings (SSSR count). The normalized spacial score (nSPS) is 21.6. The minimum Gasteiger partial charge on any atom is -0.349 e. The second-order valence-electron chi connectivity index (χ2n) is 7.73. The molecule has 2 amide bonds. The monoisotopic (exact) mass is 316 g/mol. The average molecular weight is 316 g/mol. The fourth-order valence-electron chi connectivity index (χ4n) is 2.89. The summed E-state index contributed by atoms with van der Waals surface area (Å²) in [6.07, 6.45) is 4.53. The Labute approximate surface area is 139 Å². The maximum absolute atomic E-state index is 12.4. The molecule has 0 aromatic heterocycles. The van der Waals surface area contributed by atoms with Crippen molar-refractivity contribution >= 4 is 17.5 Å². The summed E-state index contributed by atoms with van der Waals surface area (Å²) >= 11 is 0. The molecule has 1 aliphatic rings. The lowest BCUT2D eigenvalue weighted by Crippen LogP contribution is -2.38. The Morgan fingerprint density at radius 1 is 1.17 bits per heavy atom. The summed E-state index contributed by atoms with van der Waals surface area (Å²) in [5.74, 6) is 0.554. The van der Waals surface area contributed by atoms with Crippen molar-refractivity contribution in [2.45, 2.75) is 59.4 Å². The van der Waals surface area contributed by atoms with Crippen LogP contribution >= 0.6 is 0 Å². The van der Waals surface area contributed by atoms with Crippen molar-refractivity contribution in [3.05, 3.63) is 29.8 Å². The second-order valence-corrected chi connectivity index (χ2v) is 7.73. The van der Waals surface area contributed by atoms with Gasteiger partial charge in [-0.2, -0.15) is 0 Å². The van der Waals surface area contributed by atoms with Crippen LogP contribution in [-0.2, 0) is 4.79 Å². The van der Waals surface area contributed by atoms with Crippen LogP contribution in [-0.4, -0.2) is 17.9 Å². The van der Waals surface area contributed by atoms with Gasteiger partial charge in [-0.15, -0.1) is 0 Å². The maximum Gasteiger partial charge on any atom is 0.251 e. The predicted octanol–water partition coefficient (Wildman–Crippen LogP) is 3.98.